The molecule has 5 heteroatoms. The third-order valence-electron chi connectivity index (χ3n) is 3.17. The average Bonchev–Trinajstić information content (AvgIpc) is 2.94. The highest BCUT2D eigenvalue weighted by atomic mass is 35.5. The van der Waals surface area contributed by atoms with E-state index in [4.69, 9.17) is 11.6 Å². The van der Waals surface area contributed by atoms with Crippen molar-refractivity contribution >= 4 is 34.5 Å². The first-order chi connectivity index (χ1) is 10.1. The number of hydrogen-bond acceptors (Lipinski definition) is 3. The van der Waals surface area contributed by atoms with Gasteiger partial charge in [-0.3, -0.25) is 9.69 Å². The van der Waals surface area contributed by atoms with Crippen LogP contribution in [0.3, 0.4) is 0 Å². The number of nitrogens with one attached hydrogen (secondary N) is 1. The molecule has 21 heavy (non-hydrogen) atoms. The van der Waals surface area contributed by atoms with E-state index < -0.39 is 0 Å². The van der Waals surface area contributed by atoms with E-state index in [1.807, 2.05) is 31.2 Å². The Hall–Kier alpha value is -1.36. The maximum Gasteiger partial charge on any atom is 0.238 e. The molecule has 0 aliphatic rings. The van der Waals surface area contributed by atoms with Gasteiger partial charge in [0.25, 0.3) is 0 Å². The van der Waals surface area contributed by atoms with Crippen LogP contribution in [0.2, 0.25) is 5.02 Å². The number of carbonyl (C=O) groups excluding carboxylic acids is 1. The molecule has 2 rings (SSSR count). The molecule has 0 aliphatic carbocycles. The highest BCUT2D eigenvalue weighted by molar-refractivity contribution is 7.09. The molecule has 0 spiro atoms. The van der Waals surface area contributed by atoms with Crippen LogP contribution in [-0.4, -0.2) is 23.9 Å². The van der Waals surface area contributed by atoms with Crippen LogP contribution in [-0.2, 0) is 11.3 Å². The maximum atomic E-state index is 12.1. The number of aryl methyl sites for hydroxylation is 1. The van der Waals surface area contributed by atoms with Crippen molar-refractivity contribution in [1.29, 1.82) is 0 Å². The molecular weight excluding hydrogens is 304 g/mol. The molecule has 3 nitrogen and oxygen atoms in total. The van der Waals surface area contributed by atoms with Gasteiger partial charge in [0.05, 0.1) is 17.3 Å². The van der Waals surface area contributed by atoms with Gasteiger partial charge in [0.1, 0.15) is 0 Å². The number of halogens is 1. The van der Waals surface area contributed by atoms with E-state index in [1.54, 1.807) is 11.3 Å². The van der Waals surface area contributed by atoms with Crippen molar-refractivity contribution in [3.8, 4) is 0 Å². The summed E-state index contributed by atoms with van der Waals surface area (Å²) in [6.07, 6.45) is 0. The van der Waals surface area contributed by atoms with E-state index in [1.165, 1.54) is 4.88 Å². The van der Waals surface area contributed by atoms with Crippen LogP contribution in [0.15, 0.2) is 35.7 Å². The zero-order valence-corrected chi connectivity index (χ0v) is 13.8. The summed E-state index contributed by atoms with van der Waals surface area (Å²) in [5.41, 5.74) is 1.74. The minimum absolute atomic E-state index is 0.0424. The number of anilines is 1. The first-order valence-electron chi connectivity index (χ1n) is 6.89. The summed E-state index contributed by atoms with van der Waals surface area (Å²) in [4.78, 5) is 15.5. The van der Waals surface area contributed by atoms with Crippen molar-refractivity contribution in [2.45, 2.75) is 20.4 Å². The Morgan fingerprint density at radius 3 is 2.81 bits per heavy atom. The Labute approximate surface area is 134 Å². The fraction of sp³-hybridized carbons (Fsp3) is 0.312. The molecule has 0 unspecified atom stereocenters. The van der Waals surface area contributed by atoms with Crippen molar-refractivity contribution in [3.63, 3.8) is 0 Å². The third kappa shape index (κ3) is 4.84. The van der Waals surface area contributed by atoms with Crippen LogP contribution in [0.1, 0.15) is 17.4 Å². The zero-order chi connectivity index (χ0) is 15.2. The number of hydrogen-bond donors (Lipinski definition) is 1. The molecule has 1 aromatic carbocycles. The highest BCUT2D eigenvalue weighted by Crippen LogP contribution is 2.22. The first-order valence-corrected chi connectivity index (χ1v) is 8.15. The molecule has 1 aromatic heterocycles. The van der Waals surface area contributed by atoms with Gasteiger partial charge in [-0.1, -0.05) is 30.7 Å². The first kappa shape index (κ1) is 16.0. The standard InChI is InChI=1S/C16H19ClN2OS/c1-3-19(10-13-5-4-8-21-13)11-16(20)18-15-7-6-12(2)9-14(15)17/h4-9H,3,10-11H2,1-2H3,(H,18,20). The second-order valence-corrected chi connectivity index (χ2v) is 6.35. The molecule has 0 aliphatic heterocycles. The zero-order valence-electron chi connectivity index (χ0n) is 12.2. The molecule has 112 valence electrons. The Morgan fingerprint density at radius 1 is 1.38 bits per heavy atom. The maximum absolute atomic E-state index is 12.1. The number of benzene rings is 1. The third-order valence-corrected chi connectivity index (χ3v) is 4.35. The Kier molecular flexibility index (Phi) is 5.79. The van der Waals surface area contributed by atoms with Crippen LogP contribution < -0.4 is 5.32 Å². The number of rotatable bonds is 6. The number of likely N-dealkylation sites (N-methyl/N-ethyl adjacent to an activating group) is 1. The largest absolute Gasteiger partial charge is 0.324 e. The molecule has 0 saturated heterocycles. The summed E-state index contributed by atoms with van der Waals surface area (Å²) in [7, 11) is 0. The van der Waals surface area contributed by atoms with Gasteiger partial charge in [-0.15, -0.1) is 11.3 Å². The summed E-state index contributed by atoms with van der Waals surface area (Å²) in [6, 6.07) is 9.73. The van der Waals surface area contributed by atoms with Crippen molar-refractivity contribution in [2.24, 2.45) is 0 Å². The van der Waals surface area contributed by atoms with Crippen LogP contribution in [0, 0.1) is 6.92 Å². The SMILES string of the molecule is CCN(CC(=O)Nc1ccc(C)cc1Cl)Cc1cccs1. The fourth-order valence-electron chi connectivity index (χ4n) is 2.02. The van der Waals surface area contributed by atoms with Gasteiger partial charge in [0.15, 0.2) is 0 Å². The van der Waals surface area contributed by atoms with Crippen molar-refractivity contribution in [2.75, 3.05) is 18.4 Å². The molecule has 0 radical (unpaired) electrons. The van der Waals surface area contributed by atoms with Crippen molar-refractivity contribution in [3.05, 3.63) is 51.2 Å². The summed E-state index contributed by atoms with van der Waals surface area (Å²) >= 11 is 7.84. The molecular formula is C16H19ClN2OS. The van der Waals surface area contributed by atoms with Gasteiger partial charge >= 0.3 is 0 Å². The van der Waals surface area contributed by atoms with Crippen LogP contribution >= 0.6 is 22.9 Å². The van der Waals surface area contributed by atoms with E-state index in [0.717, 1.165) is 18.7 Å². The summed E-state index contributed by atoms with van der Waals surface area (Å²) in [5, 5.41) is 5.50. The summed E-state index contributed by atoms with van der Waals surface area (Å²) < 4.78 is 0. The van der Waals surface area contributed by atoms with Crippen LogP contribution in [0.5, 0.6) is 0 Å². The smallest absolute Gasteiger partial charge is 0.238 e. The minimum atomic E-state index is -0.0424. The number of thiophene rings is 1. The van der Waals surface area contributed by atoms with E-state index >= 15 is 0 Å². The van der Waals surface area contributed by atoms with E-state index in [2.05, 4.69) is 28.6 Å². The fourth-order valence-corrected chi connectivity index (χ4v) is 3.05. The molecule has 0 bridgehead atoms. The Balaban J connectivity index is 1.93. The molecule has 1 amide bonds. The second kappa shape index (κ2) is 7.59. The van der Waals surface area contributed by atoms with Gasteiger partial charge < -0.3 is 5.32 Å². The van der Waals surface area contributed by atoms with E-state index in [9.17, 15) is 4.79 Å². The average molecular weight is 323 g/mol. The molecule has 1 N–H and O–H groups in total. The normalized spacial score (nSPS) is 10.9. The topological polar surface area (TPSA) is 32.3 Å². The van der Waals surface area contributed by atoms with Crippen molar-refractivity contribution < 1.29 is 4.79 Å². The molecule has 1 heterocycles. The lowest BCUT2D eigenvalue weighted by Gasteiger charge is -2.19. The molecule has 0 fully saturated rings. The molecule has 0 saturated carbocycles. The van der Waals surface area contributed by atoms with Crippen LogP contribution in [0.4, 0.5) is 5.69 Å². The van der Waals surface area contributed by atoms with Gasteiger partial charge in [0, 0.05) is 11.4 Å². The minimum Gasteiger partial charge on any atom is -0.324 e. The van der Waals surface area contributed by atoms with E-state index in [0.29, 0.717) is 17.3 Å². The summed E-state index contributed by atoms with van der Waals surface area (Å²) in [5.74, 6) is -0.0424. The molecule has 0 atom stereocenters. The van der Waals surface area contributed by atoms with Gasteiger partial charge in [-0.05, 0) is 42.6 Å². The number of amides is 1. The highest BCUT2D eigenvalue weighted by Gasteiger charge is 2.11. The number of carbonyl (C=O) groups is 1. The Bertz CT molecular complexity index is 598. The van der Waals surface area contributed by atoms with Crippen LogP contribution in [0.25, 0.3) is 0 Å². The van der Waals surface area contributed by atoms with Crippen molar-refractivity contribution in [1.82, 2.24) is 4.90 Å². The molecule has 2 aromatic rings. The van der Waals surface area contributed by atoms with Gasteiger partial charge in [0.2, 0.25) is 5.91 Å². The predicted octanol–water partition coefficient (Wildman–Crippen LogP) is 4.17. The van der Waals surface area contributed by atoms with E-state index in [-0.39, 0.29) is 5.91 Å². The quantitative estimate of drug-likeness (QED) is 0.865. The predicted molar refractivity (Wildman–Crippen MR) is 90.1 cm³/mol. The lowest BCUT2D eigenvalue weighted by Crippen LogP contribution is -2.32. The Morgan fingerprint density at radius 2 is 2.19 bits per heavy atom. The van der Waals surface area contributed by atoms with Gasteiger partial charge in [-0.2, -0.15) is 0 Å². The van der Waals surface area contributed by atoms with Gasteiger partial charge in [-0.25, -0.2) is 0 Å². The monoisotopic (exact) mass is 322 g/mol. The lowest BCUT2D eigenvalue weighted by molar-refractivity contribution is -0.117. The second-order valence-electron chi connectivity index (χ2n) is 4.91. The number of nitrogens with zero attached hydrogens (tertiary/aromatic N) is 1. The summed E-state index contributed by atoms with van der Waals surface area (Å²) in [6.45, 7) is 6.01. The lowest BCUT2D eigenvalue weighted by atomic mass is 10.2.